The molecule has 0 fully saturated rings. The molecule has 4 nitrogen and oxygen atoms in total. The molecule has 0 aliphatic rings. The van der Waals surface area contributed by atoms with Gasteiger partial charge in [-0.15, -0.1) is 0 Å². The smallest absolute Gasteiger partial charge is 0.184 e. The normalized spacial score (nSPS) is 11.1. The van der Waals surface area contributed by atoms with Crippen LogP contribution in [0, 0.1) is 0 Å². The van der Waals surface area contributed by atoms with Crippen molar-refractivity contribution in [3.8, 4) is 16.9 Å². The molecule has 0 aliphatic carbocycles. The van der Waals surface area contributed by atoms with E-state index in [1.807, 2.05) is 31.2 Å². The number of nitrogens with one attached hydrogen (secondary N) is 1. The summed E-state index contributed by atoms with van der Waals surface area (Å²) in [7, 11) is 0. The Morgan fingerprint density at radius 1 is 1.09 bits per heavy atom. The van der Waals surface area contributed by atoms with Crippen molar-refractivity contribution in [3.63, 3.8) is 0 Å². The Morgan fingerprint density at radius 3 is 2.17 bits per heavy atom. The van der Waals surface area contributed by atoms with Gasteiger partial charge in [-0.3, -0.25) is 5.43 Å². The van der Waals surface area contributed by atoms with E-state index in [1.54, 1.807) is 0 Å². The molecule has 0 amide bonds. The molecule has 0 aliphatic heterocycles. The fraction of sp³-hybridized carbons (Fsp3) is 0.222. The second-order valence-corrected chi connectivity index (χ2v) is 5.56. The van der Waals surface area contributed by atoms with Gasteiger partial charge in [0.2, 0.25) is 0 Å². The highest BCUT2D eigenvalue weighted by Crippen LogP contribution is 2.23. The molecule has 2 aromatic rings. The third-order valence-corrected chi connectivity index (χ3v) is 3.39. The summed E-state index contributed by atoms with van der Waals surface area (Å²) in [6.45, 7) is 4.74. The average molecular weight is 327 g/mol. The van der Waals surface area contributed by atoms with Crippen molar-refractivity contribution < 1.29 is 4.74 Å². The molecular weight excluding hydrogens is 306 g/mol. The second kappa shape index (κ2) is 8.29. The van der Waals surface area contributed by atoms with Crippen LogP contribution in [0.4, 0.5) is 0 Å². The SMILES string of the molecule is CCCOc1ccc(-c2ccc(/C(C)=N/NC(N)=S)cc2)cc1. The number of nitrogens with two attached hydrogens (primary N) is 1. The topological polar surface area (TPSA) is 59.6 Å². The molecule has 0 saturated carbocycles. The van der Waals surface area contributed by atoms with E-state index in [4.69, 9.17) is 22.7 Å². The van der Waals surface area contributed by atoms with Crippen molar-refractivity contribution >= 4 is 23.0 Å². The largest absolute Gasteiger partial charge is 0.494 e. The second-order valence-electron chi connectivity index (χ2n) is 5.12. The quantitative estimate of drug-likeness (QED) is 0.482. The van der Waals surface area contributed by atoms with Gasteiger partial charge in [-0.05, 0) is 54.4 Å². The summed E-state index contributed by atoms with van der Waals surface area (Å²) >= 11 is 4.73. The summed E-state index contributed by atoms with van der Waals surface area (Å²) in [6, 6.07) is 16.3. The minimum atomic E-state index is 0.159. The van der Waals surface area contributed by atoms with Crippen LogP contribution in [0.1, 0.15) is 25.8 Å². The van der Waals surface area contributed by atoms with Gasteiger partial charge in [0.05, 0.1) is 12.3 Å². The van der Waals surface area contributed by atoms with Gasteiger partial charge in [0.25, 0.3) is 0 Å². The van der Waals surface area contributed by atoms with Crippen molar-refractivity contribution in [1.82, 2.24) is 5.43 Å². The summed E-state index contributed by atoms with van der Waals surface area (Å²) in [4.78, 5) is 0. The Bertz CT molecular complexity index is 678. The van der Waals surface area contributed by atoms with E-state index in [0.717, 1.165) is 41.2 Å². The lowest BCUT2D eigenvalue weighted by molar-refractivity contribution is 0.317. The van der Waals surface area contributed by atoms with Crippen LogP contribution < -0.4 is 15.9 Å². The van der Waals surface area contributed by atoms with E-state index in [2.05, 4.69) is 41.7 Å². The summed E-state index contributed by atoms with van der Waals surface area (Å²) in [6.07, 6.45) is 1.01. The predicted molar refractivity (Wildman–Crippen MR) is 99.8 cm³/mol. The molecule has 0 unspecified atom stereocenters. The van der Waals surface area contributed by atoms with Gasteiger partial charge in [0.15, 0.2) is 5.11 Å². The highest BCUT2D eigenvalue weighted by atomic mass is 32.1. The highest BCUT2D eigenvalue weighted by Gasteiger charge is 2.01. The van der Waals surface area contributed by atoms with E-state index >= 15 is 0 Å². The molecule has 23 heavy (non-hydrogen) atoms. The number of hydrazone groups is 1. The van der Waals surface area contributed by atoms with E-state index in [-0.39, 0.29) is 5.11 Å². The van der Waals surface area contributed by atoms with Crippen molar-refractivity contribution in [2.24, 2.45) is 10.8 Å². The van der Waals surface area contributed by atoms with Gasteiger partial charge >= 0.3 is 0 Å². The molecular formula is C18H21N3OS. The molecule has 2 rings (SSSR count). The summed E-state index contributed by atoms with van der Waals surface area (Å²) in [5.41, 5.74) is 12.1. The van der Waals surface area contributed by atoms with E-state index < -0.39 is 0 Å². The number of thiocarbonyl (C=S) groups is 1. The van der Waals surface area contributed by atoms with Gasteiger partial charge in [-0.2, -0.15) is 5.10 Å². The lowest BCUT2D eigenvalue weighted by Gasteiger charge is -2.07. The number of rotatable bonds is 6. The van der Waals surface area contributed by atoms with Crippen LogP contribution in [-0.2, 0) is 0 Å². The van der Waals surface area contributed by atoms with Crippen molar-refractivity contribution in [1.29, 1.82) is 0 Å². The Labute approximate surface area is 142 Å². The lowest BCUT2D eigenvalue weighted by Crippen LogP contribution is -2.25. The number of hydrogen-bond donors (Lipinski definition) is 2. The minimum absolute atomic E-state index is 0.159. The average Bonchev–Trinajstić information content (AvgIpc) is 2.58. The first kappa shape index (κ1) is 17.0. The summed E-state index contributed by atoms with van der Waals surface area (Å²) < 4.78 is 5.60. The van der Waals surface area contributed by atoms with Crippen molar-refractivity contribution in [2.75, 3.05) is 6.61 Å². The Kier molecular flexibility index (Phi) is 6.11. The molecule has 0 aromatic heterocycles. The van der Waals surface area contributed by atoms with E-state index in [9.17, 15) is 0 Å². The fourth-order valence-electron chi connectivity index (χ4n) is 2.07. The molecule has 0 atom stereocenters. The maximum atomic E-state index is 5.60. The van der Waals surface area contributed by atoms with Gasteiger partial charge in [0.1, 0.15) is 5.75 Å². The summed E-state index contributed by atoms with van der Waals surface area (Å²) in [5.74, 6) is 0.902. The van der Waals surface area contributed by atoms with Gasteiger partial charge < -0.3 is 10.5 Å². The first-order valence-electron chi connectivity index (χ1n) is 7.53. The molecule has 2 aromatic carbocycles. The third-order valence-electron chi connectivity index (χ3n) is 3.30. The number of hydrogen-bond acceptors (Lipinski definition) is 3. The molecule has 5 heteroatoms. The van der Waals surface area contributed by atoms with Crippen LogP contribution in [0.3, 0.4) is 0 Å². The number of nitrogens with zero attached hydrogens (tertiary/aromatic N) is 1. The van der Waals surface area contributed by atoms with Gasteiger partial charge in [-0.1, -0.05) is 43.3 Å². The zero-order chi connectivity index (χ0) is 16.7. The molecule has 0 heterocycles. The van der Waals surface area contributed by atoms with Crippen LogP contribution >= 0.6 is 12.2 Å². The zero-order valence-corrected chi connectivity index (χ0v) is 14.2. The molecule has 0 spiro atoms. The molecule has 3 N–H and O–H groups in total. The van der Waals surface area contributed by atoms with Crippen molar-refractivity contribution in [2.45, 2.75) is 20.3 Å². The van der Waals surface area contributed by atoms with Crippen LogP contribution in [-0.4, -0.2) is 17.4 Å². The molecule has 0 bridgehead atoms. The van der Waals surface area contributed by atoms with Crippen molar-refractivity contribution in [3.05, 3.63) is 54.1 Å². The maximum absolute atomic E-state index is 5.60. The van der Waals surface area contributed by atoms with Crippen LogP contribution in [0.2, 0.25) is 0 Å². The first-order chi connectivity index (χ1) is 11.1. The number of benzene rings is 2. The lowest BCUT2D eigenvalue weighted by atomic mass is 10.0. The Balaban J connectivity index is 2.10. The molecule has 0 radical (unpaired) electrons. The van der Waals surface area contributed by atoms with Crippen LogP contribution in [0.15, 0.2) is 53.6 Å². The minimum Gasteiger partial charge on any atom is -0.494 e. The van der Waals surface area contributed by atoms with Crippen LogP contribution in [0.5, 0.6) is 5.75 Å². The van der Waals surface area contributed by atoms with E-state index in [1.165, 1.54) is 0 Å². The maximum Gasteiger partial charge on any atom is 0.184 e. The highest BCUT2D eigenvalue weighted by molar-refractivity contribution is 7.80. The fourth-order valence-corrected chi connectivity index (χ4v) is 2.12. The zero-order valence-electron chi connectivity index (χ0n) is 13.4. The Hall–Kier alpha value is -2.40. The summed E-state index contributed by atoms with van der Waals surface area (Å²) in [5, 5.41) is 4.28. The standard InChI is InChI=1S/C18H21N3OS/c1-3-12-22-17-10-8-16(9-11-17)15-6-4-14(5-7-15)13(2)20-21-18(19)23/h4-11H,3,12H2,1-2H3,(H3,19,21,23)/b20-13+. The van der Waals surface area contributed by atoms with Gasteiger partial charge in [-0.25, -0.2) is 0 Å². The van der Waals surface area contributed by atoms with E-state index in [0.29, 0.717) is 0 Å². The predicted octanol–water partition coefficient (Wildman–Crippen LogP) is 3.70. The monoisotopic (exact) mass is 327 g/mol. The third kappa shape index (κ3) is 5.07. The first-order valence-corrected chi connectivity index (χ1v) is 7.94. The molecule has 120 valence electrons. The molecule has 0 saturated heterocycles. The van der Waals surface area contributed by atoms with Gasteiger partial charge in [0, 0.05) is 0 Å². The Morgan fingerprint density at radius 2 is 1.65 bits per heavy atom. The van der Waals surface area contributed by atoms with Crippen LogP contribution in [0.25, 0.3) is 11.1 Å². The number of ether oxygens (including phenoxy) is 1.